The highest BCUT2D eigenvalue weighted by molar-refractivity contribution is 9.10. The molecule has 16 heavy (non-hydrogen) atoms. The lowest BCUT2D eigenvalue weighted by atomic mass is 10.1. The molecule has 0 amide bonds. The quantitative estimate of drug-likeness (QED) is 0.732. The Morgan fingerprint density at radius 1 is 1.31 bits per heavy atom. The summed E-state index contributed by atoms with van der Waals surface area (Å²) < 4.78 is 59.7. The van der Waals surface area contributed by atoms with Crippen molar-refractivity contribution in [1.82, 2.24) is 0 Å². The van der Waals surface area contributed by atoms with Crippen molar-refractivity contribution in [2.45, 2.75) is 18.0 Å². The highest BCUT2D eigenvalue weighted by Crippen LogP contribution is 2.37. The van der Waals surface area contributed by atoms with Crippen LogP contribution in [0, 0.1) is 6.92 Å². The van der Waals surface area contributed by atoms with Crippen LogP contribution in [0.25, 0.3) is 0 Å². The molecule has 0 unspecified atom stereocenters. The zero-order valence-electron chi connectivity index (χ0n) is 7.77. The Morgan fingerprint density at radius 3 is 2.19 bits per heavy atom. The Kier molecular flexibility index (Phi) is 3.62. The summed E-state index contributed by atoms with van der Waals surface area (Å²) in [6, 6.07) is 1.84. The van der Waals surface area contributed by atoms with Crippen LogP contribution in [0.2, 0.25) is 0 Å². The molecule has 0 aromatic heterocycles. The van der Waals surface area contributed by atoms with E-state index in [2.05, 4.69) is 15.9 Å². The van der Waals surface area contributed by atoms with Crippen molar-refractivity contribution in [3.63, 3.8) is 0 Å². The minimum atomic E-state index is -4.62. The summed E-state index contributed by atoms with van der Waals surface area (Å²) in [5, 5.41) is 0. The first-order valence-corrected chi connectivity index (χ1v) is 6.95. The van der Waals surface area contributed by atoms with Gasteiger partial charge in [0.05, 0.1) is 10.5 Å². The van der Waals surface area contributed by atoms with Crippen LogP contribution in [0.3, 0.4) is 0 Å². The van der Waals surface area contributed by atoms with Gasteiger partial charge in [-0.1, -0.05) is 15.9 Å². The fourth-order valence-electron chi connectivity index (χ4n) is 1.20. The van der Waals surface area contributed by atoms with Crippen molar-refractivity contribution >= 4 is 35.7 Å². The average molecular weight is 338 g/mol. The minimum absolute atomic E-state index is 0.00431. The summed E-state index contributed by atoms with van der Waals surface area (Å²) in [5.74, 6) is 0. The number of rotatable bonds is 1. The van der Waals surface area contributed by atoms with Gasteiger partial charge in [-0.2, -0.15) is 13.2 Å². The van der Waals surface area contributed by atoms with Gasteiger partial charge in [0, 0.05) is 15.2 Å². The molecule has 0 aliphatic rings. The first-order valence-electron chi connectivity index (χ1n) is 3.85. The molecule has 2 nitrogen and oxygen atoms in total. The summed E-state index contributed by atoms with van der Waals surface area (Å²) in [6.07, 6.45) is -4.62. The molecule has 0 radical (unpaired) electrons. The zero-order chi connectivity index (χ0) is 12.7. The molecule has 0 fully saturated rings. The molecule has 0 bridgehead atoms. The predicted octanol–water partition coefficient (Wildman–Crippen LogP) is 3.70. The molecule has 1 rings (SSSR count). The second kappa shape index (κ2) is 4.19. The molecule has 0 N–H and O–H groups in total. The monoisotopic (exact) mass is 336 g/mol. The minimum Gasteiger partial charge on any atom is -0.207 e. The Bertz CT molecular complexity index is 525. The van der Waals surface area contributed by atoms with Gasteiger partial charge < -0.3 is 0 Å². The van der Waals surface area contributed by atoms with Crippen LogP contribution >= 0.6 is 26.6 Å². The van der Waals surface area contributed by atoms with Gasteiger partial charge in [-0.25, -0.2) is 8.42 Å². The van der Waals surface area contributed by atoms with Gasteiger partial charge in [0.25, 0.3) is 9.05 Å². The van der Waals surface area contributed by atoms with Gasteiger partial charge in [-0.15, -0.1) is 0 Å². The molecule has 0 heterocycles. The lowest BCUT2D eigenvalue weighted by Crippen LogP contribution is -2.10. The average Bonchev–Trinajstić information content (AvgIpc) is 2.04. The maximum absolute atomic E-state index is 12.5. The van der Waals surface area contributed by atoms with Gasteiger partial charge in [0.1, 0.15) is 0 Å². The van der Waals surface area contributed by atoms with E-state index in [9.17, 15) is 21.6 Å². The van der Waals surface area contributed by atoms with Crippen molar-refractivity contribution in [3.05, 3.63) is 27.7 Å². The van der Waals surface area contributed by atoms with E-state index in [4.69, 9.17) is 10.7 Å². The molecular weight excluding hydrogens is 333 g/mol. The summed E-state index contributed by atoms with van der Waals surface area (Å²) in [5.41, 5.74) is -1.44. The maximum Gasteiger partial charge on any atom is 0.416 e. The van der Waals surface area contributed by atoms with E-state index in [1.165, 1.54) is 0 Å². The lowest BCUT2D eigenvalue weighted by molar-refractivity contribution is -0.138. The third kappa shape index (κ3) is 2.89. The summed E-state index contributed by atoms with van der Waals surface area (Å²) in [7, 11) is 0.845. The first kappa shape index (κ1) is 13.8. The molecule has 1 aromatic rings. The molecule has 0 spiro atoms. The normalized spacial score (nSPS) is 12.9. The van der Waals surface area contributed by atoms with E-state index in [0.29, 0.717) is 0 Å². The van der Waals surface area contributed by atoms with Crippen LogP contribution in [0.15, 0.2) is 21.5 Å². The third-order valence-corrected chi connectivity index (χ3v) is 3.80. The fraction of sp³-hybridized carbons (Fsp3) is 0.250. The summed E-state index contributed by atoms with van der Waals surface area (Å²) in [6.45, 7) is 1.06. The summed E-state index contributed by atoms with van der Waals surface area (Å²) in [4.78, 5) is -0.545. The Balaban J connectivity index is 3.64. The van der Waals surface area contributed by atoms with Crippen LogP contribution in [0.5, 0.6) is 0 Å². The molecule has 0 saturated carbocycles. The lowest BCUT2D eigenvalue weighted by Gasteiger charge is -2.13. The Morgan fingerprint density at radius 2 is 1.81 bits per heavy atom. The number of hydrogen-bond donors (Lipinski definition) is 0. The molecule has 0 saturated heterocycles. The van der Waals surface area contributed by atoms with Gasteiger partial charge in [0.2, 0.25) is 0 Å². The highest BCUT2D eigenvalue weighted by atomic mass is 79.9. The van der Waals surface area contributed by atoms with Gasteiger partial charge >= 0.3 is 6.18 Å². The number of halogens is 5. The summed E-state index contributed by atoms with van der Waals surface area (Å²) >= 11 is 2.81. The van der Waals surface area contributed by atoms with Crippen molar-refractivity contribution in [1.29, 1.82) is 0 Å². The molecule has 90 valence electrons. The van der Waals surface area contributed by atoms with Crippen LogP contribution in [0.4, 0.5) is 13.2 Å². The largest absolute Gasteiger partial charge is 0.416 e. The van der Waals surface area contributed by atoms with Crippen LogP contribution in [0.1, 0.15) is 11.1 Å². The molecule has 0 aliphatic carbocycles. The van der Waals surface area contributed by atoms with Crippen molar-refractivity contribution in [3.8, 4) is 0 Å². The molecule has 0 atom stereocenters. The third-order valence-electron chi connectivity index (χ3n) is 1.89. The van der Waals surface area contributed by atoms with Crippen molar-refractivity contribution < 1.29 is 21.6 Å². The van der Waals surface area contributed by atoms with Crippen LogP contribution in [-0.2, 0) is 15.2 Å². The maximum atomic E-state index is 12.5. The highest BCUT2D eigenvalue weighted by Gasteiger charge is 2.35. The van der Waals surface area contributed by atoms with E-state index in [1.54, 1.807) is 0 Å². The van der Waals surface area contributed by atoms with E-state index >= 15 is 0 Å². The van der Waals surface area contributed by atoms with Gasteiger partial charge in [-0.05, 0) is 24.6 Å². The molecular formula is C8H5BrClF3O2S. The van der Waals surface area contributed by atoms with Gasteiger partial charge in [-0.3, -0.25) is 0 Å². The van der Waals surface area contributed by atoms with Crippen LogP contribution in [-0.4, -0.2) is 8.42 Å². The molecule has 8 heteroatoms. The topological polar surface area (TPSA) is 34.1 Å². The SMILES string of the molecule is Cc1c(C(F)(F)F)cc(Br)cc1S(=O)(=O)Cl. The number of alkyl halides is 3. The molecule has 1 aromatic carbocycles. The first-order chi connectivity index (χ1) is 7.03. The van der Waals surface area contributed by atoms with E-state index < -0.39 is 31.2 Å². The number of benzene rings is 1. The predicted molar refractivity (Wildman–Crippen MR) is 56.9 cm³/mol. The van der Waals surface area contributed by atoms with E-state index in [-0.39, 0.29) is 4.47 Å². The van der Waals surface area contributed by atoms with Crippen molar-refractivity contribution in [2.75, 3.05) is 0 Å². The second-order valence-electron chi connectivity index (χ2n) is 3.01. The fourth-order valence-corrected chi connectivity index (χ4v) is 3.04. The standard InChI is InChI=1S/C8H5BrClF3O2S/c1-4-6(8(11,12)13)2-5(9)3-7(4)16(10,14)15/h2-3H,1H3. The number of hydrogen-bond acceptors (Lipinski definition) is 2. The zero-order valence-corrected chi connectivity index (χ0v) is 10.9. The second-order valence-corrected chi connectivity index (χ2v) is 6.46. The van der Waals surface area contributed by atoms with E-state index in [1.807, 2.05) is 0 Å². The Labute approximate surface area is 103 Å². The van der Waals surface area contributed by atoms with Crippen LogP contribution < -0.4 is 0 Å². The van der Waals surface area contributed by atoms with Crippen molar-refractivity contribution in [2.24, 2.45) is 0 Å². The van der Waals surface area contributed by atoms with Gasteiger partial charge in [0.15, 0.2) is 0 Å². The van der Waals surface area contributed by atoms with E-state index in [0.717, 1.165) is 19.1 Å². The Hall–Kier alpha value is -0.270. The smallest absolute Gasteiger partial charge is 0.207 e. The molecule has 0 aliphatic heterocycles.